The molecule has 1 aliphatic heterocycles. The number of rotatable bonds is 4. The monoisotopic (exact) mass is 282 g/mol. The molecule has 20 heavy (non-hydrogen) atoms. The first-order valence-corrected chi connectivity index (χ1v) is 7.18. The summed E-state index contributed by atoms with van der Waals surface area (Å²) >= 11 is 0. The highest BCUT2D eigenvalue weighted by molar-refractivity contribution is 6.03. The van der Waals surface area contributed by atoms with Crippen LogP contribution in [0.5, 0.6) is 0 Å². The molecule has 0 bridgehead atoms. The van der Waals surface area contributed by atoms with Crippen molar-refractivity contribution in [2.24, 2.45) is 22.4 Å². The van der Waals surface area contributed by atoms with E-state index in [1.165, 1.54) is 0 Å². The predicted octanol–water partition coefficient (Wildman–Crippen LogP) is 1.92. The van der Waals surface area contributed by atoms with E-state index in [2.05, 4.69) is 18.9 Å². The minimum atomic E-state index is -0.547. The quantitative estimate of drug-likeness (QED) is 0.584. The van der Waals surface area contributed by atoms with Crippen LogP contribution >= 0.6 is 0 Å². The number of hydrogen-bond acceptors (Lipinski definition) is 5. The van der Waals surface area contributed by atoms with E-state index in [4.69, 9.17) is 9.47 Å². The minimum Gasteiger partial charge on any atom is -0.349 e. The van der Waals surface area contributed by atoms with Gasteiger partial charge in [0.05, 0.1) is 19.1 Å². The van der Waals surface area contributed by atoms with Crippen molar-refractivity contribution in [2.45, 2.75) is 39.9 Å². The largest absolute Gasteiger partial charge is 0.349 e. The van der Waals surface area contributed by atoms with Gasteiger partial charge in [-0.1, -0.05) is 13.8 Å². The Kier molecular flexibility index (Phi) is 3.95. The highest BCUT2D eigenvalue weighted by Crippen LogP contribution is 2.55. The van der Waals surface area contributed by atoms with Crippen molar-refractivity contribution in [2.75, 3.05) is 27.3 Å². The maximum Gasteiger partial charge on any atom is 0.172 e. The molecule has 1 heterocycles. The van der Waals surface area contributed by atoms with Crippen LogP contribution in [-0.2, 0) is 14.3 Å². The molecular formula is C15H26N2O3. The lowest BCUT2D eigenvalue weighted by atomic mass is 9.92. The zero-order chi connectivity index (χ0) is 15.1. The van der Waals surface area contributed by atoms with Gasteiger partial charge in [0.1, 0.15) is 5.78 Å². The maximum absolute atomic E-state index is 12.0. The molecule has 114 valence electrons. The van der Waals surface area contributed by atoms with Crippen molar-refractivity contribution in [3.63, 3.8) is 0 Å². The molecule has 0 radical (unpaired) electrons. The van der Waals surface area contributed by atoms with Crippen molar-refractivity contribution >= 4 is 11.5 Å². The van der Waals surface area contributed by atoms with E-state index in [0.717, 1.165) is 12.1 Å². The van der Waals surface area contributed by atoms with Gasteiger partial charge in [-0.05, 0) is 13.8 Å². The van der Waals surface area contributed by atoms with E-state index in [-0.39, 0.29) is 23.0 Å². The van der Waals surface area contributed by atoms with Crippen molar-refractivity contribution in [1.29, 1.82) is 0 Å². The van der Waals surface area contributed by atoms with Crippen LogP contribution in [-0.4, -0.2) is 49.6 Å². The van der Waals surface area contributed by atoms with E-state index in [0.29, 0.717) is 13.2 Å². The summed E-state index contributed by atoms with van der Waals surface area (Å²) in [6.07, 6.45) is 0.785. The Morgan fingerprint density at radius 3 is 2.25 bits per heavy atom. The summed E-state index contributed by atoms with van der Waals surface area (Å²) < 4.78 is 11.9. The summed E-state index contributed by atoms with van der Waals surface area (Å²) in [5.74, 6) is -0.528. The molecular weight excluding hydrogens is 256 g/mol. The molecule has 0 amide bonds. The van der Waals surface area contributed by atoms with Crippen LogP contribution in [0.15, 0.2) is 5.10 Å². The van der Waals surface area contributed by atoms with Gasteiger partial charge >= 0.3 is 0 Å². The average Bonchev–Trinajstić information content (AvgIpc) is 2.96. The SMILES string of the molecule is CC(=O)C(/C(C)=N/N(C)C)C1CC12OCC(C)(C)CO2. The number of carbonyl (C=O) groups excluding carboxylic acids is 1. The minimum absolute atomic E-state index is 0.0525. The standard InChI is InChI=1S/C15H26N2O3/c1-10(16-17(5)6)13(11(2)18)12-7-15(12)19-8-14(3,4)9-20-15/h12-13H,7-9H2,1-6H3/b16-10+. The van der Waals surface area contributed by atoms with E-state index in [9.17, 15) is 4.79 Å². The zero-order valence-corrected chi connectivity index (χ0v) is 13.4. The third-order valence-electron chi connectivity index (χ3n) is 3.97. The van der Waals surface area contributed by atoms with Crippen LogP contribution in [0.1, 0.15) is 34.1 Å². The molecule has 1 saturated carbocycles. The number of ether oxygens (including phenoxy) is 2. The highest BCUT2D eigenvalue weighted by Gasteiger charge is 2.64. The van der Waals surface area contributed by atoms with Crippen LogP contribution in [0, 0.1) is 17.3 Å². The molecule has 0 aromatic rings. The number of ketones is 1. The second kappa shape index (κ2) is 5.11. The number of nitrogens with zero attached hydrogens (tertiary/aromatic N) is 2. The fourth-order valence-corrected chi connectivity index (χ4v) is 2.92. The number of hydrazone groups is 1. The number of Topliss-reactive ketones (excluding diaryl/α,β-unsaturated/α-hetero) is 1. The fraction of sp³-hybridized carbons (Fsp3) is 0.867. The molecule has 2 atom stereocenters. The predicted molar refractivity (Wildman–Crippen MR) is 77.5 cm³/mol. The lowest BCUT2D eigenvalue weighted by molar-refractivity contribution is -0.251. The summed E-state index contributed by atoms with van der Waals surface area (Å²) in [5.41, 5.74) is 0.887. The van der Waals surface area contributed by atoms with Gasteiger partial charge in [-0.2, -0.15) is 5.10 Å². The Morgan fingerprint density at radius 1 is 1.25 bits per heavy atom. The first-order chi connectivity index (χ1) is 9.17. The molecule has 5 nitrogen and oxygen atoms in total. The zero-order valence-electron chi connectivity index (χ0n) is 13.4. The molecule has 2 rings (SSSR count). The van der Waals surface area contributed by atoms with Crippen molar-refractivity contribution in [3.8, 4) is 0 Å². The van der Waals surface area contributed by atoms with Crippen LogP contribution in [0.25, 0.3) is 0 Å². The van der Waals surface area contributed by atoms with E-state index < -0.39 is 5.79 Å². The Labute approximate surface area is 121 Å². The van der Waals surface area contributed by atoms with Crippen molar-refractivity contribution in [3.05, 3.63) is 0 Å². The highest BCUT2D eigenvalue weighted by atomic mass is 16.7. The Bertz CT molecular complexity index is 419. The van der Waals surface area contributed by atoms with E-state index in [1.807, 2.05) is 21.0 Å². The average molecular weight is 282 g/mol. The molecule has 0 N–H and O–H groups in total. The molecule has 1 aliphatic carbocycles. The van der Waals surface area contributed by atoms with Crippen molar-refractivity contribution in [1.82, 2.24) is 5.01 Å². The van der Waals surface area contributed by atoms with E-state index in [1.54, 1.807) is 11.9 Å². The Morgan fingerprint density at radius 2 is 1.80 bits per heavy atom. The number of hydrogen-bond donors (Lipinski definition) is 0. The molecule has 5 heteroatoms. The molecule has 0 aromatic heterocycles. The van der Waals surface area contributed by atoms with E-state index >= 15 is 0 Å². The van der Waals surface area contributed by atoms with Crippen LogP contribution in [0.2, 0.25) is 0 Å². The lowest BCUT2D eigenvalue weighted by Gasteiger charge is -2.36. The second-order valence-electron chi connectivity index (χ2n) is 7.04. The van der Waals surface area contributed by atoms with Gasteiger partial charge in [0.15, 0.2) is 5.79 Å². The molecule has 1 saturated heterocycles. The molecule has 2 aliphatic rings. The second-order valence-corrected chi connectivity index (χ2v) is 7.04. The third kappa shape index (κ3) is 3.04. The maximum atomic E-state index is 12.0. The summed E-state index contributed by atoms with van der Waals surface area (Å²) in [7, 11) is 3.72. The van der Waals surface area contributed by atoms with Gasteiger partial charge in [0, 0.05) is 37.6 Å². The normalized spacial score (nSPS) is 29.1. The number of carbonyl (C=O) groups is 1. The van der Waals surface area contributed by atoms with Gasteiger partial charge in [-0.15, -0.1) is 0 Å². The summed E-state index contributed by atoms with van der Waals surface area (Å²) in [4.78, 5) is 12.0. The topological polar surface area (TPSA) is 51.1 Å². The van der Waals surface area contributed by atoms with Crippen molar-refractivity contribution < 1.29 is 14.3 Å². The fourth-order valence-electron chi connectivity index (χ4n) is 2.92. The van der Waals surface area contributed by atoms with Gasteiger partial charge in [0.25, 0.3) is 0 Å². The first kappa shape index (κ1) is 15.4. The van der Waals surface area contributed by atoms with Crippen LogP contribution in [0.3, 0.4) is 0 Å². The Balaban J connectivity index is 2.09. The van der Waals surface area contributed by atoms with Gasteiger partial charge in [-0.25, -0.2) is 0 Å². The molecule has 1 spiro atoms. The summed E-state index contributed by atoms with van der Waals surface area (Å²) in [6.45, 7) is 9.13. The molecule has 2 unspecified atom stereocenters. The molecule has 0 aromatic carbocycles. The third-order valence-corrected chi connectivity index (χ3v) is 3.97. The summed E-state index contributed by atoms with van der Waals surface area (Å²) in [5, 5.41) is 6.11. The van der Waals surface area contributed by atoms with Gasteiger partial charge < -0.3 is 14.5 Å². The van der Waals surface area contributed by atoms with Gasteiger partial charge in [0.2, 0.25) is 0 Å². The first-order valence-electron chi connectivity index (χ1n) is 7.18. The summed E-state index contributed by atoms with van der Waals surface area (Å²) in [6, 6.07) is 0. The smallest absolute Gasteiger partial charge is 0.172 e. The van der Waals surface area contributed by atoms with Crippen LogP contribution < -0.4 is 0 Å². The lowest BCUT2D eigenvalue weighted by Crippen LogP contribution is -2.42. The van der Waals surface area contributed by atoms with Crippen LogP contribution in [0.4, 0.5) is 0 Å². The Hall–Kier alpha value is -0.940. The molecule has 2 fully saturated rings. The van der Waals surface area contributed by atoms with Gasteiger partial charge in [-0.3, -0.25) is 4.79 Å².